The van der Waals surface area contributed by atoms with E-state index in [0.29, 0.717) is 19.0 Å². The Morgan fingerprint density at radius 3 is 2.93 bits per heavy atom. The molecule has 3 aliphatic rings. The molecule has 0 saturated carbocycles. The van der Waals surface area contributed by atoms with E-state index in [1.807, 2.05) is 17.1 Å². The Morgan fingerprint density at radius 2 is 2.19 bits per heavy atom. The Labute approximate surface area is 159 Å². The first-order chi connectivity index (χ1) is 13.1. The number of hydrogen-bond acceptors (Lipinski definition) is 6. The highest BCUT2D eigenvalue weighted by Crippen LogP contribution is 2.31. The van der Waals surface area contributed by atoms with Gasteiger partial charge in [-0.1, -0.05) is 6.07 Å². The number of nitrogens with one attached hydrogen (secondary N) is 3. The molecule has 3 aliphatic heterocycles. The molecular formula is C19H26N6O2. The summed E-state index contributed by atoms with van der Waals surface area (Å²) >= 11 is 0. The van der Waals surface area contributed by atoms with Gasteiger partial charge < -0.3 is 15.5 Å². The average Bonchev–Trinajstić information content (AvgIpc) is 3.11. The second-order valence-corrected chi connectivity index (χ2v) is 7.44. The molecule has 0 radical (unpaired) electrons. The first-order valence-electron chi connectivity index (χ1n) is 9.53. The van der Waals surface area contributed by atoms with Gasteiger partial charge in [-0.15, -0.1) is 0 Å². The fourth-order valence-corrected chi connectivity index (χ4v) is 4.18. The van der Waals surface area contributed by atoms with E-state index in [1.54, 1.807) is 30.4 Å². The second kappa shape index (κ2) is 7.66. The number of aromatic nitrogens is 1. The van der Waals surface area contributed by atoms with Crippen LogP contribution in [0.1, 0.15) is 18.4 Å². The molecule has 4 rings (SSSR count). The van der Waals surface area contributed by atoms with E-state index in [-0.39, 0.29) is 23.9 Å². The predicted octanol–water partition coefficient (Wildman–Crippen LogP) is -0.184. The third kappa shape index (κ3) is 3.68. The average molecular weight is 370 g/mol. The Balaban J connectivity index is 1.47. The molecular weight excluding hydrogens is 344 g/mol. The highest BCUT2D eigenvalue weighted by molar-refractivity contribution is 5.90. The van der Waals surface area contributed by atoms with Gasteiger partial charge in [-0.05, 0) is 37.6 Å². The molecule has 2 atom stereocenters. The van der Waals surface area contributed by atoms with Crippen molar-refractivity contribution in [2.45, 2.75) is 25.6 Å². The highest BCUT2D eigenvalue weighted by atomic mass is 16.2. The number of carbonyl (C=O) groups is 2. The number of nitrogens with zero attached hydrogens (tertiary/aromatic N) is 3. The Morgan fingerprint density at radius 1 is 1.37 bits per heavy atom. The van der Waals surface area contributed by atoms with Gasteiger partial charge >= 0.3 is 0 Å². The molecule has 8 nitrogen and oxygen atoms in total. The minimum absolute atomic E-state index is 0.0192. The number of pyridine rings is 1. The van der Waals surface area contributed by atoms with Crippen LogP contribution in [0.25, 0.3) is 0 Å². The Bertz CT molecular complexity index is 731. The zero-order valence-electron chi connectivity index (χ0n) is 15.5. The van der Waals surface area contributed by atoms with Crippen LogP contribution < -0.4 is 16.1 Å². The maximum Gasteiger partial charge on any atom is 0.247 e. The summed E-state index contributed by atoms with van der Waals surface area (Å²) in [5, 5.41) is 8.34. The molecule has 0 aromatic carbocycles. The van der Waals surface area contributed by atoms with E-state index in [9.17, 15) is 9.59 Å². The summed E-state index contributed by atoms with van der Waals surface area (Å²) in [7, 11) is 1.80. The van der Waals surface area contributed by atoms with Gasteiger partial charge in [0.25, 0.3) is 0 Å². The van der Waals surface area contributed by atoms with Crippen LogP contribution in [0.3, 0.4) is 0 Å². The summed E-state index contributed by atoms with van der Waals surface area (Å²) in [5.74, 6) is -0.0674. The first kappa shape index (κ1) is 17.9. The molecule has 1 aromatic rings. The van der Waals surface area contributed by atoms with E-state index in [4.69, 9.17) is 0 Å². The summed E-state index contributed by atoms with van der Waals surface area (Å²) < 4.78 is 0. The van der Waals surface area contributed by atoms with Gasteiger partial charge in [0.15, 0.2) is 0 Å². The maximum atomic E-state index is 13.1. The molecule has 2 amide bonds. The third-order valence-electron chi connectivity index (χ3n) is 5.58. The van der Waals surface area contributed by atoms with E-state index in [1.165, 1.54) is 0 Å². The fraction of sp³-hybridized carbons (Fsp3) is 0.526. The van der Waals surface area contributed by atoms with E-state index < -0.39 is 0 Å². The molecule has 144 valence electrons. The molecule has 2 saturated heterocycles. The summed E-state index contributed by atoms with van der Waals surface area (Å²) in [4.78, 5) is 31.2. The van der Waals surface area contributed by atoms with Crippen molar-refractivity contribution in [3.8, 4) is 0 Å². The van der Waals surface area contributed by atoms with Crippen LogP contribution in [0.5, 0.6) is 0 Å². The molecule has 8 heteroatoms. The standard InChI is InChI=1S/C19H26N6O2/c1-24(12-13-3-2-6-21-10-13)19(27)15-11-22-25-16(9-17(26)23-18(15)25)14-4-7-20-8-5-14/h2-3,6,9-10,14-15,18,20,22H,4-5,7-8,11-12H2,1H3,(H,23,26). The Kier molecular flexibility index (Phi) is 5.09. The molecule has 2 fully saturated rings. The van der Waals surface area contributed by atoms with Crippen molar-refractivity contribution >= 4 is 11.8 Å². The minimum Gasteiger partial charge on any atom is -0.341 e. The first-order valence-corrected chi connectivity index (χ1v) is 9.53. The summed E-state index contributed by atoms with van der Waals surface area (Å²) in [6.07, 6.45) is 6.84. The van der Waals surface area contributed by atoms with Gasteiger partial charge in [0.05, 0.1) is 5.92 Å². The lowest BCUT2D eigenvalue weighted by atomic mass is 9.92. The third-order valence-corrected chi connectivity index (χ3v) is 5.58. The number of piperidine rings is 1. The lowest BCUT2D eigenvalue weighted by molar-refractivity contribution is -0.136. The lowest BCUT2D eigenvalue weighted by Gasteiger charge is -2.39. The van der Waals surface area contributed by atoms with Crippen molar-refractivity contribution in [2.24, 2.45) is 11.8 Å². The van der Waals surface area contributed by atoms with E-state index in [0.717, 1.165) is 37.2 Å². The second-order valence-electron chi connectivity index (χ2n) is 7.44. The van der Waals surface area contributed by atoms with Crippen molar-refractivity contribution in [3.05, 3.63) is 41.9 Å². The van der Waals surface area contributed by atoms with E-state index in [2.05, 4.69) is 21.0 Å². The van der Waals surface area contributed by atoms with Gasteiger partial charge in [0, 0.05) is 50.2 Å². The number of carbonyl (C=O) groups excluding carboxylic acids is 2. The van der Waals surface area contributed by atoms with Gasteiger partial charge in [-0.2, -0.15) is 0 Å². The molecule has 27 heavy (non-hydrogen) atoms. The highest BCUT2D eigenvalue weighted by Gasteiger charge is 2.45. The molecule has 1 aromatic heterocycles. The number of hydrazine groups is 1. The molecule has 0 bridgehead atoms. The number of hydrogen-bond donors (Lipinski definition) is 3. The zero-order valence-corrected chi connectivity index (χ0v) is 15.5. The molecule has 4 heterocycles. The molecule has 2 unspecified atom stereocenters. The smallest absolute Gasteiger partial charge is 0.247 e. The summed E-state index contributed by atoms with van der Waals surface area (Å²) in [5.41, 5.74) is 5.34. The van der Waals surface area contributed by atoms with Gasteiger partial charge in [0.1, 0.15) is 6.17 Å². The van der Waals surface area contributed by atoms with Crippen LogP contribution >= 0.6 is 0 Å². The number of fused-ring (bicyclic) bond motifs is 1. The molecule has 3 N–H and O–H groups in total. The van der Waals surface area contributed by atoms with Gasteiger partial charge in [0.2, 0.25) is 11.8 Å². The fourth-order valence-electron chi connectivity index (χ4n) is 4.18. The van der Waals surface area contributed by atoms with E-state index >= 15 is 0 Å². The number of amides is 2. The van der Waals surface area contributed by atoms with Crippen molar-refractivity contribution in [1.82, 2.24) is 31.0 Å². The van der Waals surface area contributed by atoms with Crippen molar-refractivity contribution in [3.63, 3.8) is 0 Å². The zero-order chi connectivity index (χ0) is 18.8. The SMILES string of the molecule is CN(Cc1cccnc1)C(=O)C1CNN2C(C3CCNCC3)=CC(=O)NC12. The van der Waals surface area contributed by atoms with Crippen LogP contribution in [0.2, 0.25) is 0 Å². The Hall–Kier alpha value is -2.45. The van der Waals surface area contributed by atoms with Crippen molar-refractivity contribution in [1.29, 1.82) is 0 Å². The normalized spacial score (nSPS) is 25.6. The van der Waals surface area contributed by atoms with Crippen LogP contribution in [0.4, 0.5) is 0 Å². The molecule has 0 spiro atoms. The van der Waals surface area contributed by atoms with Crippen LogP contribution in [0, 0.1) is 11.8 Å². The number of allylic oxidation sites excluding steroid dienone is 1. The monoisotopic (exact) mass is 370 g/mol. The quantitative estimate of drug-likeness (QED) is 0.681. The topological polar surface area (TPSA) is 89.6 Å². The van der Waals surface area contributed by atoms with Crippen molar-refractivity contribution < 1.29 is 9.59 Å². The lowest BCUT2D eigenvalue weighted by Crippen LogP contribution is -2.56. The van der Waals surface area contributed by atoms with Gasteiger partial charge in [-0.25, -0.2) is 5.43 Å². The maximum absolute atomic E-state index is 13.1. The van der Waals surface area contributed by atoms with Crippen LogP contribution in [-0.4, -0.2) is 59.6 Å². The van der Waals surface area contributed by atoms with Gasteiger partial charge in [-0.3, -0.25) is 19.6 Å². The number of rotatable bonds is 4. The summed E-state index contributed by atoms with van der Waals surface area (Å²) in [6.45, 7) is 2.93. The largest absolute Gasteiger partial charge is 0.341 e. The van der Waals surface area contributed by atoms with Crippen LogP contribution in [-0.2, 0) is 16.1 Å². The minimum atomic E-state index is -0.337. The van der Waals surface area contributed by atoms with Crippen molar-refractivity contribution in [2.75, 3.05) is 26.7 Å². The van der Waals surface area contributed by atoms with Crippen LogP contribution in [0.15, 0.2) is 36.3 Å². The molecule has 0 aliphatic carbocycles. The summed E-state index contributed by atoms with van der Waals surface area (Å²) in [6, 6.07) is 3.82. The predicted molar refractivity (Wildman–Crippen MR) is 99.7 cm³/mol.